The predicted molar refractivity (Wildman–Crippen MR) is 143 cm³/mol. The van der Waals surface area contributed by atoms with Crippen molar-refractivity contribution in [1.29, 1.82) is 0 Å². The highest BCUT2D eigenvalue weighted by Gasteiger charge is 2.29. The number of fused-ring (bicyclic) bond motifs is 1. The zero-order valence-electron chi connectivity index (χ0n) is 18.3. The molecule has 4 nitrogen and oxygen atoms in total. The quantitative estimate of drug-likeness (QED) is 0.295. The molecule has 0 bridgehead atoms. The lowest BCUT2D eigenvalue weighted by Crippen LogP contribution is -2.36. The van der Waals surface area contributed by atoms with E-state index in [1.807, 2.05) is 24.3 Å². The third-order valence-corrected chi connectivity index (χ3v) is 6.48. The Morgan fingerprint density at radius 2 is 1.59 bits per heavy atom. The Morgan fingerprint density at radius 3 is 2.28 bits per heavy atom. The van der Waals surface area contributed by atoms with Crippen LogP contribution < -0.4 is 11.5 Å². The highest BCUT2D eigenvalue weighted by molar-refractivity contribution is 14.1. The van der Waals surface area contributed by atoms with E-state index in [0.29, 0.717) is 12.4 Å². The van der Waals surface area contributed by atoms with Crippen LogP contribution in [0.3, 0.4) is 0 Å². The van der Waals surface area contributed by atoms with E-state index in [9.17, 15) is 0 Å². The molecular formula is C27H27IN4. The summed E-state index contributed by atoms with van der Waals surface area (Å²) in [6.45, 7) is 4.62. The molecule has 0 saturated heterocycles. The van der Waals surface area contributed by atoms with Crippen LogP contribution in [0.25, 0.3) is 34.2 Å². The molecule has 1 atom stereocenters. The second-order valence-electron chi connectivity index (χ2n) is 8.62. The van der Waals surface area contributed by atoms with Gasteiger partial charge in [0.1, 0.15) is 0 Å². The minimum atomic E-state index is -0.298. The molecule has 0 radical (unpaired) electrons. The van der Waals surface area contributed by atoms with Gasteiger partial charge < -0.3 is 11.5 Å². The van der Waals surface area contributed by atoms with Gasteiger partial charge in [-0.3, -0.25) is 0 Å². The number of nitrogens with two attached hydrogens (primary N) is 2. The molecular weight excluding hydrogens is 507 g/mol. The van der Waals surface area contributed by atoms with Crippen LogP contribution in [0, 0.1) is 8.99 Å². The summed E-state index contributed by atoms with van der Waals surface area (Å²) in [4.78, 5) is 9.61. The number of hydrogen-bond donors (Lipinski definition) is 2. The zero-order valence-corrected chi connectivity index (χ0v) is 20.5. The monoisotopic (exact) mass is 534 g/mol. The molecule has 0 spiro atoms. The average Bonchev–Trinajstić information content (AvgIpc) is 2.82. The van der Waals surface area contributed by atoms with Gasteiger partial charge in [0.15, 0.2) is 5.82 Å². The van der Waals surface area contributed by atoms with Crippen molar-refractivity contribution in [2.24, 2.45) is 16.9 Å². The van der Waals surface area contributed by atoms with Crippen molar-refractivity contribution in [2.45, 2.75) is 19.9 Å². The van der Waals surface area contributed by atoms with E-state index in [4.69, 9.17) is 21.4 Å². The van der Waals surface area contributed by atoms with E-state index < -0.39 is 0 Å². The van der Waals surface area contributed by atoms with E-state index in [1.165, 1.54) is 11.1 Å². The number of rotatable bonds is 6. The van der Waals surface area contributed by atoms with Crippen molar-refractivity contribution in [3.63, 3.8) is 0 Å². The lowest BCUT2D eigenvalue weighted by molar-refractivity contribution is 0.298. The summed E-state index contributed by atoms with van der Waals surface area (Å²) in [5, 5.41) is 0.982. The molecule has 3 aromatic carbocycles. The van der Waals surface area contributed by atoms with E-state index >= 15 is 0 Å². The molecule has 1 unspecified atom stereocenters. The molecule has 4 rings (SSSR count). The van der Waals surface area contributed by atoms with E-state index in [2.05, 4.69) is 97.1 Å². The molecule has 0 fully saturated rings. The van der Waals surface area contributed by atoms with Gasteiger partial charge in [0.2, 0.25) is 0 Å². The first-order valence-corrected chi connectivity index (χ1v) is 11.7. The average molecular weight is 534 g/mol. The van der Waals surface area contributed by atoms with Crippen LogP contribution in [0.15, 0.2) is 72.8 Å². The van der Waals surface area contributed by atoms with E-state index in [0.717, 1.165) is 25.7 Å². The Morgan fingerprint density at radius 1 is 0.906 bits per heavy atom. The number of nitrogens with zero attached hydrogens (tertiary/aromatic N) is 2. The van der Waals surface area contributed by atoms with Crippen molar-refractivity contribution < 1.29 is 0 Å². The van der Waals surface area contributed by atoms with Gasteiger partial charge in [-0.15, -0.1) is 0 Å². The fraction of sp³-hybridized carbons (Fsp3) is 0.185. The van der Waals surface area contributed by atoms with Crippen molar-refractivity contribution in [3.05, 3.63) is 93.4 Å². The minimum absolute atomic E-state index is 0.281. The molecule has 4 aromatic rings. The largest absolute Gasteiger partial charge is 0.330 e. The summed E-state index contributed by atoms with van der Waals surface area (Å²) in [6.07, 6.45) is 3.98. The van der Waals surface area contributed by atoms with Crippen molar-refractivity contribution >= 4 is 45.6 Å². The minimum Gasteiger partial charge on any atom is -0.330 e. The van der Waals surface area contributed by atoms with Crippen molar-refractivity contribution in [2.75, 3.05) is 6.54 Å². The summed E-state index contributed by atoms with van der Waals surface area (Å²) in [7, 11) is 0. The normalized spacial score (nSPS) is 13.0. The molecule has 1 aromatic heterocycles. The molecule has 0 aliphatic heterocycles. The van der Waals surface area contributed by atoms with Gasteiger partial charge in [-0.25, -0.2) is 9.97 Å². The van der Waals surface area contributed by atoms with Crippen molar-refractivity contribution in [1.82, 2.24) is 9.97 Å². The third-order valence-electron chi connectivity index (χ3n) is 5.81. The van der Waals surface area contributed by atoms with E-state index in [1.54, 1.807) is 0 Å². The number of halogens is 1. The van der Waals surface area contributed by atoms with Crippen LogP contribution in [0.4, 0.5) is 0 Å². The number of benzene rings is 3. The van der Waals surface area contributed by atoms with Gasteiger partial charge in [-0.1, -0.05) is 74.5 Å². The fourth-order valence-electron chi connectivity index (χ4n) is 3.54. The van der Waals surface area contributed by atoms with E-state index in [-0.39, 0.29) is 11.5 Å². The standard InChI is InChI=1S/C27H27IN4/c1-27(2,17-29)26(30)25-22-16-21(28)13-14-23(22)31-24(32-25)15-10-18-8-11-20(12-9-18)19-6-4-3-5-7-19/h3-16,26H,17,29-30H2,1-2H3/b15-10+. The van der Waals surface area contributed by atoms with Crippen LogP contribution in [0.5, 0.6) is 0 Å². The highest BCUT2D eigenvalue weighted by atomic mass is 127. The smallest absolute Gasteiger partial charge is 0.152 e. The Kier molecular flexibility index (Phi) is 6.69. The van der Waals surface area contributed by atoms with Gasteiger partial charge in [0.25, 0.3) is 0 Å². The van der Waals surface area contributed by atoms with Crippen LogP contribution in [-0.4, -0.2) is 16.5 Å². The summed E-state index contributed by atoms with van der Waals surface area (Å²) < 4.78 is 1.12. The topological polar surface area (TPSA) is 77.8 Å². The van der Waals surface area contributed by atoms with Crippen LogP contribution in [0.2, 0.25) is 0 Å². The van der Waals surface area contributed by atoms with Gasteiger partial charge >= 0.3 is 0 Å². The summed E-state index contributed by atoms with van der Waals surface area (Å²) >= 11 is 2.30. The molecule has 5 heteroatoms. The van der Waals surface area contributed by atoms with Crippen LogP contribution >= 0.6 is 22.6 Å². The number of hydrogen-bond acceptors (Lipinski definition) is 4. The molecule has 32 heavy (non-hydrogen) atoms. The van der Waals surface area contributed by atoms with Crippen LogP contribution in [-0.2, 0) is 0 Å². The Balaban J connectivity index is 1.68. The first-order valence-electron chi connectivity index (χ1n) is 10.6. The second kappa shape index (κ2) is 9.48. The zero-order chi connectivity index (χ0) is 22.7. The maximum absolute atomic E-state index is 6.65. The second-order valence-corrected chi connectivity index (χ2v) is 9.87. The van der Waals surface area contributed by atoms with Crippen LogP contribution in [0.1, 0.15) is 37.0 Å². The maximum Gasteiger partial charge on any atom is 0.152 e. The molecule has 0 amide bonds. The van der Waals surface area contributed by atoms with Gasteiger partial charge in [-0.2, -0.15) is 0 Å². The molecule has 0 saturated carbocycles. The highest BCUT2D eigenvalue weighted by Crippen LogP contribution is 2.33. The lowest BCUT2D eigenvalue weighted by Gasteiger charge is -2.30. The molecule has 4 N–H and O–H groups in total. The Bertz CT molecular complexity index is 1250. The first kappa shape index (κ1) is 22.6. The maximum atomic E-state index is 6.65. The molecule has 0 aliphatic rings. The van der Waals surface area contributed by atoms with Gasteiger partial charge in [-0.05, 0) is 75.5 Å². The lowest BCUT2D eigenvalue weighted by atomic mass is 9.82. The van der Waals surface area contributed by atoms with Gasteiger partial charge in [0.05, 0.1) is 17.3 Å². The first-order chi connectivity index (χ1) is 15.4. The Labute approximate surface area is 202 Å². The predicted octanol–water partition coefficient (Wildman–Crippen LogP) is 6.06. The Hall–Kier alpha value is -2.61. The summed E-state index contributed by atoms with van der Waals surface area (Å²) in [6, 6.07) is 24.7. The summed E-state index contributed by atoms with van der Waals surface area (Å²) in [5.41, 5.74) is 17.6. The van der Waals surface area contributed by atoms with Crippen molar-refractivity contribution in [3.8, 4) is 11.1 Å². The molecule has 1 heterocycles. The fourth-order valence-corrected chi connectivity index (χ4v) is 4.03. The number of aromatic nitrogens is 2. The SMILES string of the molecule is CC(C)(CN)C(N)c1nc(/C=C/c2ccc(-c3ccccc3)cc2)nc2ccc(I)cc12. The molecule has 162 valence electrons. The van der Waals surface area contributed by atoms with Gasteiger partial charge in [0, 0.05) is 8.96 Å². The summed E-state index contributed by atoms with van der Waals surface area (Å²) in [5.74, 6) is 0.643. The third kappa shape index (κ3) is 4.90. The molecule has 0 aliphatic carbocycles.